The van der Waals surface area contributed by atoms with Crippen LogP contribution in [0.2, 0.25) is 0 Å². The molecule has 4 rings (SSSR count). The predicted molar refractivity (Wildman–Crippen MR) is 111 cm³/mol. The van der Waals surface area contributed by atoms with Gasteiger partial charge in [0.05, 0.1) is 11.6 Å². The quantitative estimate of drug-likeness (QED) is 0.677. The molecule has 30 heavy (non-hydrogen) atoms. The van der Waals surface area contributed by atoms with Crippen LogP contribution in [-0.2, 0) is 29.6 Å². The summed E-state index contributed by atoms with van der Waals surface area (Å²) in [4.78, 5) is 30.4. The van der Waals surface area contributed by atoms with Gasteiger partial charge in [0.25, 0.3) is 0 Å². The first kappa shape index (κ1) is 20.1. The topological polar surface area (TPSA) is 83.0 Å². The van der Waals surface area contributed by atoms with Gasteiger partial charge in [-0.05, 0) is 30.2 Å². The van der Waals surface area contributed by atoms with Gasteiger partial charge in [-0.1, -0.05) is 13.8 Å². The van der Waals surface area contributed by atoms with Crippen LogP contribution in [0.1, 0.15) is 36.6 Å². The van der Waals surface area contributed by atoms with Crippen molar-refractivity contribution in [3.63, 3.8) is 0 Å². The lowest BCUT2D eigenvalue weighted by molar-refractivity contribution is -0.136. The molecule has 2 N–H and O–H groups in total. The molecule has 0 bridgehead atoms. The number of carbonyl (C=O) groups is 2. The first-order valence-electron chi connectivity index (χ1n) is 10.2. The van der Waals surface area contributed by atoms with Crippen LogP contribution in [0.15, 0.2) is 30.6 Å². The third-order valence-corrected chi connectivity index (χ3v) is 5.58. The Morgan fingerprint density at radius 3 is 2.93 bits per heavy atom. The summed E-state index contributed by atoms with van der Waals surface area (Å²) >= 11 is 0. The van der Waals surface area contributed by atoms with Gasteiger partial charge in [-0.25, -0.2) is 4.39 Å². The molecule has 3 heterocycles. The van der Waals surface area contributed by atoms with E-state index in [1.807, 2.05) is 33.3 Å². The van der Waals surface area contributed by atoms with E-state index >= 15 is 0 Å². The highest BCUT2D eigenvalue weighted by Gasteiger charge is 2.35. The first-order valence-corrected chi connectivity index (χ1v) is 10.2. The number of carbonyl (C=O) groups excluding carboxylic acids is 2. The third-order valence-electron chi connectivity index (χ3n) is 5.58. The zero-order valence-electron chi connectivity index (χ0n) is 17.4. The van der Waals surface area contributed by atoms with E-state index in [1.165, 1.54) is 12.1 Å². The first-order chi connectivity index (χ1) is 14.3. The lowest BCUT2D eigenvalue weighted by Gasteiger charge is -2.32. The van der Waals surface area contributed by atoms with Crippen molar-refractivity contribution < 1.29 is 14.0 Å². The molecular weight excluding hydrogens is 385 g/mol. The highest BCUT2D eigenvalue weighted by Crippen LogP contribution is 2.28. The number of H-pyrrole nitrogens is 1. The number of aromatic nitrogens is 3. The van der Waals surface area contributed by atoms with E-state index in [0.29, 0.717) is 26.1 Å². The molecule has 1 aliphatic heterocycles. The molecule has 3 aromatic rings. The van der Waals surface area contributed by atoms with Crippen LogP contribution in [0.25, 0.3) is 10.9 Å². The van der Waals surface area contributed by atoms with E-state index in [1.54, 1.807) is 15.6 Å². The van der Waals surface area contributed by atoms with E-state index in [2.05, 4.69) is 15.4 Å². The van der Waals surface area contributed by atoms with Crippen molar-refractivity contribution in [2.24, 2.45) is 13.0 Å². The van der Waals surface area contributed by atoms with E-state index in [-0.39, 0.29) is 23.5 Å². The molecule has 1 atom stereocenters. The lowest BCUT2D eigenvalue weighted by Crippen LogP contribution is -2.45. The molecule has 0 fully saturated rings. The van der Waals surface area contributed by atoms with Crippen LogP contribution >= 0.6 is 0 Å². The second-order valence-corrected chi connectivity index (χ2v) is 8.18. The monoisotopic (exact) mass is 411 g/mol. The molecule has 0 radical (unpaired) electrons. The lowest BCUT2D eigenvalue weighted by atomic mass is 9.94. The fraction of sp³-hybridized carbons (Fsp3) is 0.409. The van der Waals surface area contributed by atoms with Gasteiger partial charge in [-0.2, -0.15) is 5.10 Å². The van der Waals surface area contributed by atoms with Crippen molar-refractivity contribution in [3.05, 3.63) is 53.2 Å². The summed E-state index contributed by atoms with van der Waals surface area (Å²) < 4.78 is 15.3. The minimum absolute atomic E-state index is 0.0307. The Balaban J connectivity index is 1.46. The van der Waals surface area contributed by atoms with E-state index in [0.717, 1.165) is 27.7 Å². The molecular formula is C22H26FN5O2. The number of hydrogen-bond acceptors (Lipinski definition) is 3. The number of fused-ring (bicyclic) bond motifs is 2. The van der Waals surface area contributed by atoms with Gasteiger partial charge in [0.2, 0.25) is 11.8 Å². The largest absolute Gasteiger partial charge is 0.361 e. The molecule has 0 saturated carbocycles. The Morgan fingerprint density at radius 2 is 2.17 bits per heavy atom. The molecule has 8 heteroatoms. The summed E-state index contributed by atoms with van der Waals surface area (Å²) in [6, 6.07) is 4.62. The Kier molecular flexibility index (Phi) is 5.32. The molecule has 0 spiro atoms. The summed E-state index contributed by atoms with van der Waals surface area (Å²) in [5, 5.41) is 8.27. The maximum Gasteiger partial charge on any atom is 0.231 e. The SMILES string of the molecule is CC(C)C(=O)N1Cc2cn(C)nc2C(C(=O)NCCc2c[nH]c3ccc(F)cc23)C1. The van der Waals surface area contributed by atoms with Crippen LogP contribution in [-0.4, -0.2) is 44.6 Å². The van der Waals surface area contributed by atoms with Gasteiger partial charge < -0.3 is 15.2 Å². The Hall–Kier alpha value is -3.16. The number of amides is 2. The number of benzene rings is 1. The smallest absolute Gasteiger partial charge is 0.231 e. The van der Waals surface area contributed by atoms with Crippen molar-refractivity contribution in [1.29, 1.82) is 0 Å². The molecule has 1 unspecified atom stereocenters. The maximum atomic E-state index is 13.6. The predicted octanol–water partition coefficient (Wildman–Crippen LogP) is 2.48. The summed E-state index contributed by atoms with van der Waals surface area (Å²) in [5.41, 5.74) is 3.46. The second-order valence-electron chi connectivity index (χ2n) is 8.18. The summed E-state index contributed by atoms with van der Waals surface area (Å²) in [6.45, 7) is 4.94. The van der Waals surface area contributed by atoms with Crippen molar-refractivity contribution >= 4 is 22.7 Å². The molecule has 1 aromatic carbocycles. The van der Waals surface area contributed by atoms with Crippen LogP contribution < -0.4 is 5.32 Å². The van der Waals surface area contributed by atoms with Crippen molar-refractivity contribution in [2.75, 3.05) is 13.1 Å². The number of rotatable bonds is 5. The number of halogens is 1. The number of nitrogens with zero attached hydrogens (tertiary/aromatic N) is 3. The van der Waals surface area contributed by atoms with E-state index < -0.39 is 5.92 Å². The third kappa shape index (κ3) is 3.81. The van der Waals surface area contributed by atoms with Gasteiger partial charge in [0, 0.05) is 61.5 Å². The molecule has 2 amide bonds. The Labute approximate surface area is 174 Å². The van der Waals surface area contributed by atoms with Crippen LogP contribution in [0.3, 0.4) is 0 Å². The maximum absolute atomic E-state index is 13.6. The number of aryl methyl sites for hydroxylation is 1. The molecule has 0 aliphatic carbocycles. The molecule has 1 aliphatic rings. The summed E-state index contributed by atoms with van der Waals surface area (Å²) in [7, 11) is 1.82. The Bertz CT molecular complexity index is 1100. The van der Waals surface area contributed by atoms with Crippen LogP contribution in [0.5, 0.6) is 0 Å². The number of aromatic amines is 1. The van der Waals surface area contributed by atoms with Gasteiger partial charge >= 0.3 is 0 Å². The minimum Gasteiger partial charge on any atom is -0.361 e. The standard InChI is InChI=1S/C22H26FN5O2/c1-13(2)22(30)28-11-15-10-27(3)26-20(15)18(12-28)21(29)24-7-6-14-9-25-19-5-4-16(23)8-17(14)19/h4-5,8-10,13,18,25H,6-7,11-12H2,1-3H3,(H,24,29). The molecule has 0 saturated heterocycles. The zero-order chi connectivity index (χ0) is 21.4. The zero-order valence-corrected chi connectivity index (χ0v) is 17.4. The molecule has 7 nitrogen and oxygen atoms in total. The fourth-order valence-corrected chi connectivity index (χ4v) is 4.09. The van der Waals surface area contributed by atoms with Gasteiger partial charge in [0.1, 0.15) is 5.82 Å². The normalized spacial score (nSPS) is 16.2. The summed E-state index contributed by atoms with van der Waals surface area (Å²) in [6.07, 6.45) is 4.29. The van der Waals surface area contributed by atoms with Crippen molar-refractivity contribution in [2.45, 2.75) is 32.7 Å². The highest BCUT2D eigenvalue weighted by molar-refractivity contribution is 5.86. The molecule has 2 aromatic heterocycles. The Morgan fingerprint density at radius 1 is 1.37 bits per heavy atom. The average molecular weight is 411 g/mol. The van der Waals surface area contributed by atoms with Crippen molar-refractivity contribution in [3.8, 4) is 0 Å². The van der Waals surface area contributed by atoms with E-state index in [4.69, 9.17) is 0 Å². The van der Waals surface area contributed by atoms with Gasteiger partial charge in [-0.3, -0.25) is 14.3 Å². The minimum atomic E-state index is -0.502. The number of nitrogens with one attached hydrogen (secondary N) is 2. The fourth-order valence-electron chi connectivity index (χ4n) is 4.09. The van der Waals surface area contributed by atoms with Gasteiger partial charge in [-0.15, -0.1) is 0 Å². The molecule has 158 valence electrons. The van der Waals surface area contributed by atoms with Gasteiger partial charge in [0.15, 0.2) is 0 Å². The van der Waals surface area contributed by atoms with Crippen molar-refractivity contribution in [1.82, 2.24) is 25.0 Å². The highest BCUT2D eigenvalue weighted by atomic mass is 19.1. The average Bonchev–Trinajstić information content (AvgIpc) is 3.28. The second kappa shape index (κ2) is 7.93. The number of hydrogen-bond donors (Lipinski definition) is 2. The van der Waals surface area contributed by atoms with Crippen LogP contribution in [0, 0.1) is 11.7 Å². The summed E-state index contributed by atoms with van der Waals surface area (Å²) in [5.74, 6) is -1.04. The van der Waals surface area contributed by atoms with E-state index in [9.17, 15) is 14.0 Å². The van der Waals surface area contributed by atoms with Crippen LogP contribution in [0.4, 0.5) is 4.39 Å².